The smallest absolute Gasteiger partial charge is 0.220 e. The molecule has 1 aromatic heterocycles. The van der Waals surface area contributed by atoms with Crippen molar-refractivity contribution < 1.29 is 4.79 Å². The summed E-state index contributed by atoms with van der Waals surface area (Å²) in [7, 11) is 0. The van der Waals surface area contributed by atoms with Crippen molar-refractivity contribution in [2.75, 3.05) is 0 Å². The van der Waals surface area contributed by atoms with Gasteiger partial charge in [0, 0.05) is 18.8 Å². The van der Waals surface area contributed by atoms with Gasteiger partial charge in [-0.3, -0.25) is 9.78 Å². The van der Waals surface area contributed by atoms with E-state index in [1.807, 2.05) is 26.0 Å². The SMILES string of the molecule is CCCC(=O)N[C@H](C)c1cccnc1. The molecule has 1 rings (SSSR count). The van der Waals surface area contributed by atoms with Crippen molar-refractivity contribution in [1.82, 2.24) is 10.3 Å². The molecule has 0 fully saturated rings. The number of hydrogen-bond donors (Lipinski definition) is 1. The molecule has 0 aliphatic carbocycles. The van der Waals surface area contributed by atoms with Crippen LogP contribution in [0.4, 0.5) is 0 Å². The van der Waals surface area contributed by atoms with E-state index in [0.717, 1.165) is 12.0 Å². The topological polar surface area (TPSA) is 42.0 Å². The van der Waals surface area contributed by atoms with Crippen LogP contribution in [0.1, 0.15) is 38.3 Å². The van der Waals surface area contributed by atoms with Gasteiger partial charge in [0.05, 0.1) is 6.04 Å². The minimum absolute atomic E-state index is 0.0442. The summed E-state index contributed by atoms with van der Waals surface area (Å²) in [5.41, 5.74) is 1.04. The van der Waals surface area contributed by atoms with Gasteiger partial charge < -0.3 is 5.32 Å². The summed E-state index contributed by atoms with van der Waals surface area (Å²) in [5.74, 6) is 0.101. The number of rotatable bonds is 4. The van der Waals surface area contributed by atoms with Crippen LogP contribution in [0.3, 0.4) is 0 Å². The third-order valence-electron chi connectivity index (χ3n) is 2.04. The van der Waals surface area contributed by atoms with Crippen molar-refractivity contribution >= 4 is 5.91 Å². The molecule has 14 heavy (non-hydrogen) atoms. The molecule has 3 nitrogen and oxygen atoms in total. The largest absolute Gasteiger partial charge is 0.350 e. The molecule has 1 atom stereocenters. The van der Waals surface area contributed by atoms with Gasteiger partial charge in [-0.25, -0.2) is 0 Å². The van der Waals surface area contributed by atoms with E-state index in [0.29, 0.717) is 6.42 Å². The number of amides is 1. The lowest BCUT2D eigenvalue weighted by molar-refractivity contribution is -0.121. The summed E-state index contributed by atoms with van der Waals surface area (Å²) < 4.78 is 0. The summed E-state index contributed by atoms with van der Waals surface area (Å²) in [4.78, 5) is 15.3. The maximum absolute atomic E-state index is 11.3. The molecule has 76 valence electrons. The molecule has 0 saturated heterocycles. The van der Waals surface area contributed by atoms with E-state index in [-0.39, 0.29) is 11.9 Å². The van der Waals surface area contributed by atoms with Crippen LogP contribution in [0.5, 0.6) is 0 Å². The van der Waals surface area contributed by atoms with Gasteiger partial charge in [0.15, 0.2) is 0 Å². The lowest BCUT2D eigenvalue weighted by atomic mass is 10.1. The first kappa shape index (κ1) is 10.7. The Hall–Kier alpha value is -1.38. The number of pyridine rings is 1. The second kappa shape index (κ2) is 5.37. The predicted molar refractivity (Wildman–Crippen MR) is 55.7 cm³/mol. The average Bonchev–Trinajstić information content (AvgIpc) is 2.19. The lowest BCUT2D eigenvalue weighted by Gasteiger charge is -2.13. The zero-order valence-electron chi connectivity index (χ0n) is 8.66. The first-order valence-electron chi connectivity index (χ1n) is 4.93. The number of hydrogen-bond acceptors (Lipinski definition) is 2. The Labute approximate surface area is 84.6 Å². The third-order valence-corrected chi connectivity index (χ3v) is 2.04. The highest BCUT2D eigenvalue weighted by molar-refractivity contribution is 5.76. The number of nitrogens with zero attached hydrogens (tertiary/aromatic N) is 1. The van der Waals surface area contributed by atoms with Crippen molar-refractivity contribution in [3.63, 3.8) is 0 Å². The second-order valence-corrected chi connectivity index (χ2v) is 3.33. The third kappa shape index (κ3) is 3.17. The van der Waals surface area contributed by atoms with Crippen LogP contribution >= 0.6 is 0 Å². The Bertz CT molecular complexity index is 285. The summed E-state index contributed by atoms with van der Waals surface area (Å²) in [6.07, 6.45) is 4.97. The highest BCUT2D eigenvalue weighted by Gasteiger charge is 2.07. The summed E-state index contributed by atoms with van der Waals surface area (Å²) in [5, 5.41) is 2.92. The Morgan fingerprint density at radius 3 is 3.00 bits per heavy atom. The van der Waals surface area contributed by atoms with Gasteiger partial charge in [-0.15, -0.1) is 0 Å². The molecule has 0 aromatic carbocycles. The first-order valence-corrected chi connectivity index (χ1v) is 4.93. The van der Waals surface area contributed by atoms with Gasteiger partial charge in [0.2, 0.25) is 5.91 Å². The van der Waals surface area contributed by atoms with E-state index in [2.05, 4.69) is 10.3 Å². The van der Waals surface area contributed by atoms with Gasteiger partial charge in [0.25, 0.3) is 0 Å². The molecular formula is C11H16N2O. The molecule has 0 unspecified atom stereocenters. The van der Waals surface area contributed by atoms with E-state index in [1.54, 1.807) is 12.4 Å². The van der Waals surface area contributed by atoms with E-state index in [1.165, 1.54) is 0 Å². The fourth-order valence-corrected chi connectivity index (χ4v) is 1.26. The number of carbonyl (C=O) groups excluding carboxylic acids is 1. The Kier molecular flexibility index (Phi) is 4.11. The zero-order chi connectivity index (χ0) is 10.4. The normalized spacial score (nSPS) is 12.1. The van der Waals surface area contributed by atoms with E-state index in [4.69, 9.17) is 0 Å². The summed E-state index contributed by atoms with van der Waals surface area (Å²) in [6.45, 7) is 3.96. The van der Waals surface area contributed by atoms with Gasteiger partial charge in [-0.1, -0.05) is 13.0 Å². The molecule has 0 bridgehead atoms. The van der Waals surface area contributed by atoms with E-state index >= 15 is 0 Å². The molecule has 1 aromatic rings. The molecule has 0 spiro atoms. The predicted octanol–water partition coefficient (Wildman–Crippen LogP) is 2.06. The van der Waals surface area contributed by atoms with Crippen LogP contribution in [0.25, 0.3) is 0 Å². The van der Waals surface area contributed by atoms with Gasteiger partial charge in [-0.2, -0.15) is 0 Å². The first-order chi connectivity index (χ1) is 6.74. The molecule has 3 heteroatoms. The molecule has 0 radical (unpaired) electrons. The lowest BCUT2D eigenvalue weighted by Crippen LogP contribution is -2.26. The van der Waals surface area contributed by atoms with Crippen molar-refractivity contribution in [2.24, 2.45) is 0 Å². The van der Waals surface area contributed by atoms with Crippen LogP contribution in [0.15, 0.2) is 24.5 Å². The molecule has 1 heterocycles. The summed E-state index contributed by atoms with van der Waals surface area (Å²) >= 11 is 0. The minimum Gasteiger partial charge on any atom is -0.350 e. The van der Waals surface area contributed by atoms with E-state index < -0.39 is 0 Å². The zero-order valence-corrected chi connectivity index (χ0v) is 8.66. The van der Waals surface area contributed by atoms with Crippen molar-refractivity contribution in [1.29, 1.82) is 0 Å². The number of nitrogens with one attached hydrogen (secondary N) is 1. The Balaban J connectivity index is 2.50. The van der Waals surface area contributed by atoms with Crippen LogP contribution in [-0.4, -0.2) is 10.9 Å². The van der Waals surface area contributed by atoms with Crippen LogP contribution in [-0.2, 0) is 4.79 Å². The van der Waals surface area contributed by atoms with Crippen molar-refractivity contribution in [2.45, 2.75) is 32.7 Å². The molecule has 1 amide bonds. The quantitative estimate of drug-likeness (QED) is 0.793. The molecule has 0 saturated carbocycles. The fraction of sp³-hybridized carbons (Fsp3) is 0.455. The van der Waals surface area contributed by atoms with Gasteiger partial charge in [0.1, 0.15) is 0 Å². The summed E-state index contributed by atoms with van der Waals surface area (Å²) in [6, 6.07) is 3.88. The second-order valence-electron chi connectivity index (χ2n) is 3.33. The van der Waals surface area contributed by atoms with Crippen LogP contribution < -0.4 is 5.32 Å². The fourth-order valence-electron chi connectivity index (χ4n) is 1.26. The van der Waals surface area contributed by atoms with Crippen LogP contribution in [0.2, 0.25) is 0 Å². The maximum atomic E-state index is 11.3. The standard InChI is InChI=1S/C11H16N2O/c1-3-5-11(14)13-9(2)10-6-4-7-12-8-10/h4,6-9H,3,5H2,1-2H3,(H,13,14)/t9-/m1/s1. The highest BCUT2D eigenvalue weighted by Crippen LogP contribution is 2.09. The van der Waals surface area contributed by atoms with Crippen molar-refractivity contribution in [3.8, 4) is 0 Å². The average molecular weight is 192 g/mol. The molecule has 0 aliphatic heterocycles. The van der Waals surface area contributed by atoms with Crippen LogP contribution in [0, 0.1) is 0 Å². The number of aromatic nitrogens is 1. The van der Waals surface area contributed by atoms with Gasteiger partial charge >= 0.3 is 0 Å². The van der Waals surface area contributed by atoms with E-state index in [9.17, 15) is 4.79 Å². The Morgan fingerprint density at radius 2 is 2.43 bits per heavy atom. The monoisotopic (exact) mass is 192 g/mol. The molecule has 1 N–H and O–H groups in total. The Morgan fingerprint density at radius 1 is 1.64 bits per heavy atom. The van der Waals surface area contributed by atoms with Crippen molar-refractivity contribution in [3.05, 3.63) is 30.1 Å². The maximum Gasteiger partial charge on any atom is 0.220 e. The molecular weight excluding hydrogens is 176 g/mol. The molecule has 0 aliphatic rings. The minimum atomic E-state index is 0.0442. The highest BCUT2D eigenvalue weighted by atomic mass is 16.1. The number of carbonyl (C=O) groups is 1. The van der Waals surface area contributed by atoms with Gasteiger partial charge in [-0.05, 0) is 25.0 Å².